The van der Waals surface area contributed by atoms with E-state index in [2.05, 4.69) is 60.7 Å². The summed E-state index contributed by atoms with van der Waals surface area (Å²) in [6.07, 6.45) is 0. The molecule has 2 rings (SSSR count). The lowest BCUT2D eigenvalue weighted by Crippen LogP contribution is -2.26. The monoisotopic (exact) mass is 220 g/mol. The summed E-state index contributed by atoms with van der Waals surface area (Å²) in [6.45, 7) is 0. The first kappa shape index (κ1) is 11.0. The summed E-state index contributed by atoms with van der Waals surface area (Å²) < 4.78 is 0. The first-order valence-electron chi connectivity index (χ1n) is 4.53. The molecule has 0 aromatic heterocycles. The fraction of sp³-hybridized carbons (Fsp3) is 0. The maximum Gasteiger partial charge on any atom is 0.0875 e. The van der Waals surface area contributed by atoms with Crippen molar-refractivity contribution >= 4 is 32.3 Å². The molecule has 0 fully saturated rings. The number of hydrogen-bond donors (Lipinski definition) is 0. The molecule has 0 aliphatic rings. The van der Waals surface area contributed by atoms with Crippen molar-refractivity contribution in [3.05, 3.63) is 60.7 Å². The second kappa shape index (κ2) is 5.63. The Labute approximate surface area is 93.2 Å². The van der Waals surface area contributed by atoms with E-state index in [4.69, 9.17) is 0 Å². The van der Waals surface area contributed by atoms with Crippen LogP contribution in [-0.2, 0) is 0 Å². The van der Waals surface area contributed by atoms with Gasteiger partial charge < -0.3 is 0 Å². The molecule has 0 amide bonds. The predicted molar refractivity (Wildman–Crippen MR) is 67.9 cm³/mol. The van der Waals surface area contributed by atoms with Crippen LogP contribution in [0.1, 0.15) is 0 Å². The summed E-state index contributed by atoms with van der Waals surface area (Å²) in [4.78, 5) is 0. The van der Waals surface area contributed by atoms with Crippen molar-refractivity contribution in [1.82, 2.24) is 0 Å². The molecule has 2 heteroatoms. The van der Waals surface area contributed by atoms with E-state index < -0.39 is 0 Å². The third-order valence-corrected chi connectivity index (χ3v) is 3.85. The van der Waals surface area contributed by atoms with Crippen molar-refractivity contribution < 1.29 is 0 Å². The zero-order chi connectivity index (χ0) is 8.93. The molecule has 0 nitrogen and oxygen atoms in total. The quantitative estimate of drug-likeness (QED) is 0.668. The molecule has 0 spiro atoms. The molecule has 72 valence electrons. The fourth-order valence-electron chi connectivity index (χ4n) is 1.43. The molecular weight excluding hydrogens is 208 g/mol. The van der Waals surface area contributed by atoms with E-state index in [0.717, 1.165) is 0 Å². The molecule has 2 aromatic rings. The van der Waals surface area contributed by atoms with E-state index in [9.17, 15) is 0 Å². The smallest absolute Gasteiger partial charge is 0.0875 e. The molecule has 0 radical (unpaired) electrons. The largest absolute Gasteiger partial charge is 0.147 e. The fourth-order valence-corrected chi connectivity index (χ4v) is 2.91. The van der Waals surface area contributed by atoms with E-state index >= 15 is 0 Å². The van der Waals surface area contributed by atoms with Gasteiger partial charge in [-0.2, -0.15) is 0 Å². The van der Waals surface area contributed by atoms with Gasteiger partial charge in [-0.25, -0.2) is 0 Å². The Kier molecular flexibility index (Phi) is 4.43. The average Bonchev–Trinajstić information content (AvgIpc) is 2.21. The van der Waals surface area contributed by atoms with E-state index in [-0.39, 0.29) is 21.9 Å². The first-order chi connectivity index (χ1) is 6.45. The molecule has 0 heterocycles. The van der Waals surface area contributed by atoms with Gasteiger partial charge in [0.05, 0.1) is 9.52 Å². The summed E-state index contributed by atoms with van der Waals surface area (Å²) in [5.41, 5.74) is 0. The van der Waals surface area contributed by atoms with Gasteiger partial charge in [0.15, 0.2) is 0 Å². The highest BCUT2D eigenvalue weighted by atomic mass is 35.5. The molecule has 2 aromatic carbocycles. The van der Waals surface area contributed by atoms with Crippen LogP contribution >= 0.6 is 12.4 Å². The minimum atomic E-state index is -0.234. The van der Waals surface area contributed by atoms with Gasteiger partial charge in [0.25, 0.3) is 0 Å². The molecule has 0 atom stereocenters. The van der Waals surface area contributed by atoms with Gasteiger partial charge in [0.1, 0.15) is 0 Å². The van der Waals surface area contributed by atoms with Gasteiger partial charge in [-0.15, -0.1) is 12.4 Å². The number of benzene rings is 2. The van der Waals surface area contributed by atoms with E-state index in [1.165, 1.54) is 10.4 Å². The second-order valence-electron chi connectivity index (χ2n) is 3.15. The zero-order valence-electron chi connectivity index (χ0n) is 7.89. The van der Waals surface area contributed by atoms with Crippen LogP contribution in [-0.4, -0.2) is 9.52 Å². The van der Waals surface area contributed by atoms with E-state index in [1.54, 1.807) is 0 Å². The summed E-state index contributed by atoms with van der Waals surface area (Å²) in [7, 11) is -0.234. The Morgan fingerprint density at radius 1 is 0.571 bits per heavy atom. The summed E-state index contributed by atoms with van der Waals surface area (Å²) in [5, 5.41) is 3.02. The molecule has 0 saturated heterocycles. The molecule has 0 unspecified atom stereocenters. The van der Waals surface area contributed by atoms with Crippen LogP contribution in [0.3, 0.4) is 0 Å². The zero-order valence-corrected chi connectivity index (χ0v) is 10.1. The summed E-state index contributed by atoms with van der Waals surface area (Å²) >= 11 is 0. The van der Waals surface area contributed by atoms with Crippen LogP contribution in [0.15, 0.2) is 60.7 Å². The van der Waals surface area contributed by atoms with Crippen LogP contribution < -0.4 is 10.4 Å². The van der Waals surface area contributed by atoms with Crippen LogP contribution in [0.4, 0.5) is 0 Å². The van der Waals surface area contributed by atoms with Gasteiger partial charge in [-0.05, 0) is 0 Å². The highest BCUT2D eigenvalue weighted by molar-refractivity contribution is 6.67. The Balaban J connectivity index is 0.000000980. The first-order valence-corrected chi connectivity index (χ1v) is 5.94. The lowest BCUT2D eigenvalue weighted by molar-refractivity contribution is 1.75. The maximum absolute atomic E-state index is 2.22. The van der Waals surface area contributed by atoms with Crippen molar-refractivity contribution in [2.24, 2.45) is 0 Å². The molecule has 0 N–H and O–H groups in total. The van der Waals surface area contributed by atoms with Crippen molar-refractivity contribution in [3.63, 3.8) is 0 Å². The van der Waals surface area contributed by atoms with Crippen molar-refractivity contribution in [2.75, 3.05) is 0 Å². The minimum Gasteiger partial charge on any atom is -0.147 e. The standard InChI is InChI=1S/C12H12Si.ClH/c1-3-7-11(8-4-1)13-12-9-5-2-6-10-12;/h1-10H,13H2;1H. The van der Waals surface area contributed by atoms with Crippen molar-refractivity contribution in [2.45, 2.75) is 0 Å². The Bertz CT molecular complexity index is 321. The lowest BCUT2D eigenvalue weighted by Gasteiger charge is -1.99. The average molecular weight is 221 g/mol. The van der Waals surface area contributed by atoms with Crippen LogP contribution in [0.2, 0.25) is 0 Å². The van der Waals surface area contributed by atoms with Crippen LogP contribution in [0.25, 0.3) is 0 Å². The predicted octanol–water partition coefficient (Wildman–Crippen LogP) is 1.23. The van der Waals surface area contributed by atoms with Gasteiger partial charge in [0.2, 0.25) is 0 Å². The molecule has 14 heavy (non-hydrogen) atoms. The topological polar surface area (TPSA) is 0 Å². The van der Waals surface area contributed by atoms with Gasteiger partial charge in [-0.3, -0.25) is 0 Å². The van der Waals surface area contributed by atoms with E-state index in [1.807, 2.05) is 0 Å². The normalized spacial score (nSPS) is 9.14. The van der Waals surface area contributed by atoms with Crippen molar-refractivity contribution in [1.29, 1.82) is 0 Å². The number of halogens is 1. The van der Waals surface area contributed by atoms with Crippen molar-refractivity contribution in [3.8, 4) is 0 Å². The third kappa shape index (κ3) is 3.02. The Morgan fingerprint density at radius 2 is 0.929 bits per heavy atom. The van der Waals surface area contributed by atoms with E-state index in [0.29, 0.717) is 0 Å². The summed E-state index contributed by atoms with van der Waals surface area (Å²) in [5.74, 6) is 0. The van der Waals surface area contributed by atoms with Gasteiger partial charge in [-0.1, -0.05) is 71.0 Å². The second-order valence-corrected chi connectivity index (χ2v) is 5.13. The third-order valence-electron chi connectivity index (χ3n) is 2.09. The Morgan fingerprint density at radius 3 is 1.29 bits per heavy atom. The van der Waals surface area contributed by atoms with Gasteiger partial charge in [0, 0.05) is 0 Å². The molecule has 0 bridgehead atoms. The van der Waals surface area contributed by atoms with Crippen LogP contribution in [0, 0.1) is 0 Å². The summed E-state index contributed by atoms with van der Waals surface area (Å²) in [6, 6.07) is 21.5. The highest BCUT2D eigenvalue weighted by Crippen LogP contribution is 1.84. The molecule has 0 aliphatic carbocycles. The minimum absolute atomic E-state index is 0. The Hall–Kier alpha value is -1.05. The SMILES string of the molecule is Cl.c1ccc([SiH2]c2ccccc2)cc1. The highest BCUT2D eigenvalue weighted by Gasteiger charge is 1.93. The number of hydrogen-bond acceptors (Lipinski definition) is 0. The lowest BCUT2D eigenvalue weighted by atomic mass is 10.4. The molecule has 0 aliphatic heterocycles. The van der Waals surface area contributed by atoms with Crippen LogP contribution in [0.5, 0.6) is 0 Å². The van der Waals surface area contributed by atoms with Gasteiger partial charge >= 0.3 is 0 Å². The maximum atomic E-state index is 2.22. The molecular formula is C12H13ClSi. The molecule has 0 saturated carbocycles. The number of rotatable bonds is 2.